The minimum atomic E-state index is -3.38. The van der Waals surface area contributed by atoms with E-state index in [1.54, 1.807) is 23.5 Å². The van der Waals surface area contributed by atoms with Crippen molar-refractivity contribution in [1.82, 2.24) is 9.97 Å². The number of benzene rings is 3. The summed E-state index contributed by atoms with van der Waals surface area (Å²) in [6.07, 6.45) is 5.65. The average Bonchev–Trinajstić information content (AvgIpc) is 3.28. The van der Waals surface area contributed by atoms with Crippen molar-refractivity contribution in [3.63, 3.8) is 0 Å². The molecule has 1 saturated heterocycles. The third-order valence-corrected chi connectivity index (χ3v) is 17.1. The predicted octanol–water partition coefficient (Wildman–Crippen LogP) is 4.42. The molecule has 0 aliphatic carbocycles. The molecule has 6 heteroatoms. The van der Waals surface area contributed by atoms with Gasteiger partial charge in [0.05, 0.1) is 0 Å². The van der Waals surface area contributed by atoms with Crippen molar-refractivity contribution in [3.8, 4) is 0 Å². The number of hydrogen-bond donors (Lipinski definition) is 0. The van der Waals surface area contributed by atoms with Gasteiger partial charge in [-0.05, 0) is 0 Å². The summed E-state index contributed by atoms with van der Waals surface area (Å²) in [6.45, 7) is 0.609. The van der Waals surface area contributed by atoms with Gasteiger partial charge in [0.25, 0.3) is 0 Å². The Morgan fingerprint density at radius 3 is 1.72 bits per heavy atom. The Morgan fingerprint density at radius 2 is 1.28 bits per heavy atom. The molecule has 1 aliphatic heterocycles. The number of rotatable bonds is 5. The number of anilines is 1. The summed E-state index contributed by atoms with van der Waals surface area (Å²) in [5.41, 5.74) is -0.268. The van der Waals surface area contributed by atoms with Crippen molar-refractivity contribution >= 4 is 48.4 Å². The molecule has 3 aromatic carbocycles. The van der Waals surface area contributed by atoms with Crippen LogP contribution in [0.3, 0.4) is 0 Å². The van der Waals surface area contributed by atoms with Crippen LogP contribution in [0.5, 0.6) is 0 Å². The molecular formula is C26H23BrN3OP. The Morgan fingerprint density at radius 1 is 0.781 bits per heavy atom. The molecule has 160 valence electrons. The Bertz CT molecular complexity index is 1120. The molecule has 0 saturated carbocycles. The van der Waals surface area contributed by atoms with Gasteiger partial charge in [-0.15, -0.1) is 0 Å². The summed E-state index contributed by atoms with van der Waals surface area (Å²) in [6, 6.07) is 31.4. The van der Waals surface area contributed by atoms with Gasteiger partial charge in [-0.25, -0.2) is 0 Å². The quantitative estimate of drug-likeness (QED) is 0.378. The fourth-order valence-electron chi connectivity index (χ4n) is 4.92. The van der Waals surface area contributed by atoms with Crippen LogP contribution in [0.2, 0.25) is 0 Å². The molecule has 1 atom stereocenters. The van der Waals surface area contributed by atoms with Gasteiger partial charge in [-0.1, -0.05) is 0 Å². The van der Waals surface area contributed by atoms with Crippen LogP contribution in [0, 0.1) is 0 Å². The minimum absolute atomic E-state index is 0.0802. The second-order valence-corrected chi connectivity index (χ2v) is 16.7. The van der Waals surface area contributed by atoms with Gasteiger partial charge in [-0.2, -0.15) is 0 Å². The van der Waals surface area contributed by atoms with Crippen molar-refractivity contribution in [2.75, 3.05) is 11.4 Å². The van der Waals surface area contributed by atoms with E-state index in [-0.39, 0.29) is 11.6 Å². The molecule has 0 spiro atoms. The first-order valence-corrected chi connectivity index (χ1v) is 14.9. The second-order valence-electron chi connectivity index (χ2n) is 7.94. The molecule has 5 rings (SSSR count). The van der Waals surface area contributed by atoms with E-state index >= 15 is 0 Å². The fraction of sp³-hybridized carbons (Fsp3) is 0.115. The van der Waals surface area contributed by atoms with Crippen molar-refractivity contribution in [2.24, 2.45) is 0 Å². The number of carbonyl (C=O) groups excluding carboxylic acids is 1. The molecule has 1 fully saturated rings. The Hall–Kier alpha value is -2.88. The van der Waals surface area contributed by atoms with Crippen LogP contribution in [0.25, 0.3) is 0 Å². The van der Waals surface area contributed by atoms with Gasteiger partial charge in [0.1, 0.15) is 0 Å². The predicted molar refractivity (Wildman–Crippen MR) is 137 cm³/mol. The topological polar surface area (TPSA) is 46.1 Å². The molecule has 4 nitrogen and oxygen atoms in total. The fourth-order valence-corrected chi connectivity index (χ4v) is 13.6. The summed E-state index contributed by atoms with van der Waals surface area (Å²) < 4.78 is 0. The van der Waals surface area contributed by atoms with Gasteiger partial charge in [0.2, 0.25) is 0 Å². The van der Waals surface area contributed by atoms with Crippen LogP contribution in [0.15, 0.2) is 110 Å². The van der Waals surface area contributed by atoms with Crippen molar-refractivity contribution in [3.05, 3.63) is 110 Å². The van der Waals surface area contributed by atoms with Crippen LogP contribution in [-0.4, -0.2) is 28.1 Å². The van der Waals surface area contributed by atoms with E-state index in [1.165, 1.54) is 0 Å². The number of amides is 1. The van der Waals surface area contributed by atoms with Crippen LogP contribution in [0.1, 0.15) is 6.42 Å². The van der Waals surface area contributed by atoms with Crippen LogP contribution < -0.4 is 20.8 Å². The summed E-state index contributed by atoms with van der Waals surface area (Å²) in [5.74, 6) is 0.684. The van der Waals surface area contributed by atoms with E-state index in [2.05, 4.69) is 98.3 Å². The number of carbonyl (C=O) groups is 1. The molecule has 2 heterocycles. The number of hydrogen-bond acceptors (Lipinski definition) is 3. The monoisotopic (exact) mass is 503 g/mol. The summed E-state index contributed by atoms with van der Waals surface area (Å²) >= 11 is 4.43. The van der Waals surface area contributed by atoms with E-state index in [0.717, 1.165) is 22.3 Å². The molecule has 0 bridgehead atoms. The number of nitrogens with zero attached hydrogens (tertiary/aromatic N) is 3. The molecule has 4 aromatic rings. The summed E-state index contributed by atoms with van der Waals surface area (Å²) in [7, 11) is 0. The standard InChI is InChI=1S/C26H23BrN3OP/c27-32(21-10-4-1-5-11-21,22-12-6-2-7-13-22,23-14-8-3-9-15-23)24-16-19-30(26(24)31)25-20-28-17-18-29-25/h1-15,17-18,20,24H,16,19H2. The molecule has 1 unspecified atom stereocenters. The zero-order chi connectivity index (χ0) is 22.0. The Labute approximate surface area is 196 Å². The normalized spacial score (nSPS) is 17.7. The third kappa shape index (κ3) is 3.03. The number of aromatic nitrogens is 2. The van der Waals surface area contributed by atoms with E-state index in [0.29, 0.717) is 12.4 Å². The first-order chi connectivity index (χ1) is 15.6. The third-order valence-electron chi connectivity index (χ3n) is 6.37. The second kappa shape index (κ2) is 8.23. The average molecular weight is 504 g/mol. The van der Waals surface area contributed by atoms with E-state index in [9.17, 15) is 4.79 Å². The summed E-state index contributed by atoms with van der Waals surface area (Å²) in [4.78, 5) is 24.5. The van der Waals surface area contributed by atoms with E-state index in [4.69, 9.17) is 0 Å². The molecule has 0 N–H and O–H groups in total. The van der Waals surface area contributed by atoms with E-state index in [1.807, 2.05) is 18.2 Å². The molecule has 0 radical (unpaired) electrons. The summed E-state index contributed by atoms with van der Waals surface area (Å²) in [5, 5.41) is 0.0646. The van der Waals surface area contributed by atoms with Crippen molar-refractivity contribution in [2.45, 2.75) is 12.1 Å². The van der Waals surface area contributed by atoms with Crippen LogP contribution in [-0.2, 0) is 4.79 Å². The molecule has 1 amide bonds. The van der Waals surface area contributed by atoms with Crippen molar-refractivity contribution in [1.29, 1.82) is 0 Å². The molecule has 1 aromatic heterocycles. The number of halogens is 1. The zero-order valence-corrected chi connectivity index (χ0v) is 19.9. The SMILES string of the molecule is O=C1C(P(Br)(c2ccccc2)(c2ccccc2)c2ccccc2)CCN1c1cnccn1. The first kappa shape index (κ1) is 21.0. The Kier molecular flexibility index (Phi) is 5.40. The van der Waals surface area contributed by atoms with Gasteiger partial charge >= 0.3 is 196 Å². The zero-order valence-electron chi connectivity index (χ0n) is 17.5. The molecule has 1 aliphatic rings. The maximum atomic E-state index is 14.1. The van der Waals surface area contributed by atoms with E-state index < -0.39 is 5.31 Å². The van der Waals surface area contributed by atoms with Crippen LogP contribution >= 0.6 is 20.8 Å². The van der Waals surface area contributed by atoms with Gasteiger partial charge in [0, 0.05) is 0 Å². The molecular weight excluding hydrogens is 481 g/mol. The van der Waals surface area contributed by atoms with Gasteiger partial charge < -0.3 is 0 Å². The molecule has 32 heavy (non-hydrogen) atoms. The van der Waals surface area contributed by atoms with Crippen LogP contribution in [0.4, 0.5) is 5.82 Å². The van der Waals surface area contributed by atoms with Gasteiger partial charge in [-0.3, -0.25) is 0 Å². The van der Waals surface area contributed by atoms with Crippen molar-refractivity contribution < 1.29 is 4.79 Å². The first-order valence-electron chi connectivity index (χ1n) is 10.6. The Balaban J connectivity index is 1.81. The maximum absolute atomic E-state index is 14.1. The van der Waals surface area contributed by atoms with Gasteiger partial charge in [0.15, 0.2) is 0 Å².